The van der Waals surface area contributed by atoms with E-state index in [0.29, 0.717) is 18.0 Å². The average molecular weight is 370 g/mol. The van der Waals surface area contributed by atoms with Gasteiger partial charge in [0, 0.05) is 44.5 Å². The molecule has 1 saturated heterocycles. The number of benzene rings is 1. The summed E-state index contributed by atoms with van der Waals surface area (Å²) in [6, 6.07) is 11.2. The highest BCUT2D eigenvalue weighted by Crippen LogP contribution is 2.25. The van der Waals surface area contributed by atoms with Crippen LogP contribution in [0.15, 0.2) is 42.6 Å². The van der Waals surface area contributed by atoms with E-state index in [1.54, 1.807) is 25.4 Å². The SMILES string of the molecule is COc1ccccc1OCC(=O)NCc1cccnc1N1CCN(C)CC1. The van der Waals surface area contributed by atoms with Crippen molar-refractivity contribution in [2.75, 3.05) is 51.8 Å². The summed E-state index contributed by atoms with van der Waals surface area (Å²) in [6.45, 7) is 4.25. The molecular formula is C20H26N4O3. The Bertz CT molecular complexity index is 760. The van der Waals surface area contributed by atoms with Crippen molar-refractivity contribution in [3.63, 3.8) is 0 Å². The van der Waals surface area contributed by atoms with Gasteiger partial charge in [0.05, 0.1) is 7.11 Å². The highest BCUT2D eigenvalue weighted by molar-refractivity contribution is 5.77. The van der Waals surface area contributed by atoms with Crippen LogP contribution >= 0.6 is 0 Å². The number of nitrogens with zero attached hydrogens (tertiary/aromatic N) is 3. The zero-order chi connectivity index (χ0) is 19.1. The molecular weight excluding hydrogens is 344 g/mol. The molecule has 3 rings (SSSR count). The molecule has 1 aromatic carbocycles. The molecule has 1 aliphatic heterocycles. The lowest BCUT2D eigenvalue weighted by Gasteiger charge is -2.34. The number of amides is 1. The standard InChI is InChI=1S/C20H26N4O3/c1-23-10-12-24(13-11-23)20-16(6-5-9-21-20)14-22-19(25)15-27-18-8-4-3-7-17(18)26-2/h3-9H,10-15H2,1-2H3,(H,22,25). The van der Waals surface area contributed by atoms with Gasteiger partial charge in [-0.1, -0.05) is 18.2 Å². The van der Waals surface area contributed by atoms with Gasteiger partial charge >= 0.3 is 0 Å². The molecule has 0 spiro atoms. The van der Waals surface area contributed by atoms with Crippen LogP contribution in [0, 0.1) is 0 Å². The minimum Gasteiger partial charge on any atom is -0.493 e. The summed E-state index contributed by atoms with van der Waals surface area (Å²) < 4.78 is 10.8. The Balaban J connectivity index is 1.54. The van der Waals surface area contributed by atoms with Crippen LogP contribution in [0.1, 0.15) is 5.56 Å². The van der Waals surface area contributed by atoms with Crippen molar-refractivity contribution in [1.82, 2.24) is 15.2 Å². The normalized spacial score (nSPS) is 14.7. The maximum Gasteiger partial charge on any atom is 0.258 e. The fraction of sp³-hybridized carbons (Fsp3) is 0.400. The largest absolute Gasteiger partial charge is 0.493 e. The number of aromatic nitrogens is 1. The van der Waals surface area contributed by atoms with Crippen LogP contribution in [0.4, 0.5) is 5.82 Å². The van der Waals surface area contributed by atoms with Gasteiger partial charge in [0.1, 0.15) is 5.82 Å². The van der Waals surface area contributed by atoms with Crippen LogP contribution in [-0.4, -0.2) is 62.7 Å². The molecule has 1 N–H and O–H groups in total. The third kappa shape index (κ3) is 5.10. The lowest BCUT2D eigenvalue weighted by molar-refractivity contribution is -0.123. The molecule has 144 valence electrons. The number of methoxy groups -OCH3 is 1. The van der Waals surface area contributed by atoms with E-state index in [1.807, 2.05) is 24.3 Å². The molecule has 0 aliphatic carbocycles. The van der Waals surface area contributed by atoms with E-state index in [1.165, 1.54) is 0 Å². The highest BCUT2D eigenvalue weighted by atomic mass is 16.5. The summed E-state index contributed by atoms with van der Waals surface area (Å²) in [5.74, 6) is 1.91. The number of piperazine rings is 1. The van der Waals surface area contributed by atoms with Crippen LogP contribution in [-0.2, 0) is 11.3 Å². The highest BCUT2D eigenvalue weighted by Gasteiger charge is 2.18. The van der Waals surface area contributed by atoms with Crippen molar-refractivity contribution in [3.05, 3.63) is 48.2 Å². The molecule has 2 heterocycles. The van der Waals surface area contributed by atoms with Crippen LogP contribution in [0.25, 0.3) is 0 Å². The van der Waals surface area contributed by atoms with E-state index in [9.17, 15) is 4.79 Å². The minimum atomic E-state index is -0.186. The lowest BCUT2D eigenvalue weighted by atomic mass is 10.2. The van der Waals surface area contributed by atoms with Gasteiger partial charge in [-0.05, 0) is 25.2 Å². The topological polar surface area (TPSA) is 66.9 Å². The molecule has 7 heteroatoms. The molecule has 1 fully saturated rings. The summed E-state index contributed by atoms with van der Waals surface area (Å²) in [6.07, 6.45) is 1.80. The summed E-state index contributed by atoms with van der Waals surface area (Å²) in [5, 5.41) is 2.91. The average Bonchev–Trinajstić information content (AvgIpc) is 2.71. The number of pyridine rings is 1. The van der Waals surface area contributed by atoms with Crippen molar-refractivity contribution in [2.24, 2.45) is 0 Å². The van der Waals surface area contributed by atoms with Gasteiger partial charge < -0.3 is 24.6 Å². The molecule has 27 heavy (non-hydrogen) atoms. The molecule has 2 aromatic rings. The maximum absolute atomic E-state index is 12.2. The van der Waals surface area contributed by atoms with Crippen molar-refractivity contribution >= 4 is 11.7 Å². The summed E-state index contributed by atoms with van der Waals surface area (Å²) >= 11 is 0. The third-order valence-electron chi connectivity index (χ3n) is 4.57. The van der Waals surface area contributed by atoms with Crippen LogP contribution in [0.5, 0.6) is 11.5 Å². The smallest absolute Gasteiger partial charge is 0.258 e. The van der Waals surface area contributed by atoms with E-state index >= 15 is 0 Å². The Morgan fingerprint density at radius 2 is 1.85 bits per heavy atom. The number of carbonyl (C=O) groups is 1. The molecule has 0 unspecified atom stereocenters. The van der Waals surface area contributed by atoms with Gasteiger partial charge in [-0.25, -0.2) is 4.98 Å². The van der Waals surface area contributed by atoms with E-state index in [-0.39, 0.29) is 12.5 Å². The second kappa shape index (κ2) is 9.23. The number of hydrogen-bond acceptors (Lipinski definition) is 6. The first-order valence-electron chi connectivity index (χ1n) is 9.07. The maximum atomic E-state index is 12.2. The number of para-hydroxylation sites is 2. The van der Waals surface area contributed by atoms with E-state index in [2.05, 4.69) is 27.1 Å². The Morgan fingerprint density at radius 3 is 2.59 bits per heavy atom. The molecule has 0 atom stereocenters. The summed E-state index contributed by atoms with van der Waals surface area (Å²) in [5.41, 5.74) is 1.01. The lowest BCUT2D eigenvalue weighted by Crippen LogP contribution is -2.45. The number of anilines is 1. The van der Waals surface area contributed by atoms with E-state index < -0.39 is 0 Å². The molecule has 1 aromatic heterocycles. The summed E-state index contributed by atoms with van der Waals surface area (Å²) in [4.78, 5) is 21.3. The van der Waals surface area contributed by atoms with Crippen molar-refractivity contribution in [3.8, 4) is 11.5 Å². The first kappa shape index (κ1) is 19.0. The van der Waals surface area contributed by atoms with Gasteiger partial charge in [-0.3, -0.25) is 4.79 Å². The zero-order valence-electron chi connectivity index (χ0n) is 15.9. The van der Waals surface area contributed by atoms with Gasteiger partial charge in [0.15, 0.2) is 18.1 Å². The van der Waals surface area contributed by atoms with Gasteiger partial charge in [0.25, 0.3) is 5.91 Å². The third-order valence-corrected chi connectivity index (χ3v) is 4.57. The van der Waals surface area contributed by atoms with Crippen LogP contribution in [0.2, 0.25) is 0 Å². The number of rotatable bonds is 7. The predicted molar refractivity (Wildman–Crippen MR) is 104 cm³/mol. The van der Waals surface area contributed by atoms with Crippen molar-refractivity contribution in [1.29, 1.82) is 0 Å². The molecule has 7 nitrogen and oxygen atoms in total. The number of likely N-dealkylation sites (N-methyl/N-ethyl adjacent to an activating group) is 1. The minimum absolute atomic E-state index is 0.0650. The Morgan fingerprint density at radius 1 is 1.11 bits per heavy atom. The van der Waals surface area contributed by atoms with Gasteiger partial charge in [-0.15, -0.1) is 0 Å². The Kier molecular flexibility index (Phi) is 6.49. The zero-order valence-corrected chi connectivity index (χ0v) is 15.9. The number of nitrogens with one attached hydrogen (secondary N) is 1. The predicted octanol–water partition coefficient (Wildman–Crippen LogP) is 1.54. The van der Waals surface area contributed by atoms with E-state index in [4.69, 9.17) is 9.47 Å². The van der Waals surface area contributed by atoms with Crippen LogP contribution < -0.4 is 19.7 Å². The molecule has 1 amide bonds. The van der Waals surface area contributed by atoms with Gasteiger partial charge in [0.2, 0.25) is 0 Å². The molecule has 0 radical (unpaired) electrons. The quantitative estimate of drug-likeness (QED) is 0.798. The monoisotopic (exact) mass is 370 g/mol. The van der Waals surface area contributed by atoms with Crippen molar-refractivity contribution in [2.45, 2.75) is 6.54 Å². The van der Waals surface area contributed by atoms with E-state index in [0.717, 1.165) is 37.6 Å². The molecule has 0 bridgehead atoms. The van der Waals surface area contributed by atoms with Crippen LogP contribution in [0.3, 0.4) is 0 Å². The van der Waals surface area contributed by atoms with Gasteiger partial charge in [-0.2, -0.15) is 0 Å². The fourth-order valence-electron chi connectivity index (χ4n) is 3.00. The molecule has 1 aliphatic rings. The second-order valence-corrected chi connectivity index (χ2v) is 6.49. The fourth-order valence-corrected chi connectivity index (χ4v) is 3.00. The summed E-state index contributed by atoms with van der Waals surface area (Å²) in [7, 11) is 3.70. The molecule has 0 saturated carbocycles. The van der Waals surface area contributed by atoms with Crippen molar-refractivity contribution < 1.29 is 14.3 Å². The first-order valence-corrected chi connectivity index (χ1v) is 9.07. The number of carbonyl (C=O) groups excluding carboxylic acids is 1. The number of hydrogen-bond donors (Lipinski definition) is 1. The first-order chi connectivity index (χ1) is 13.2. The second-order valence-electron chi connectivity index (χ2n) is 6.49. The Hall–Kier alpha value is -2.80. The number of ether oxygens (including phenoxy) is 2. The Labute approximate surface area is 159 Å².